The summed E-state index contributed by atoms with van der Waals surface area (Å²) in [5.74, 6) is 3.34. The van der Waals surface area contributed by atoms with Crippen LogP contribution in [0.4, 0.5) is 0 Å². The van der Waals surface area contributed by atoms with E-state index in [2.05, 4.69) is 17.7 Å². The number of β-amino-alcohol motifs (C(OH)–C–C–N with tert-alkyl or cyclic N) is 1. The first-order valence-electron chi connectivity index (χ1n) is 6.91. The summed E-state index contributed by atoms with van der Waals surface area (Å²) in [5.41, 5.74) is -0.342. The number of terminal acetylenes is 1. The number of aliphatic hydroxyl groups excluding tert-OH is 1. The Hall–Kier alpha value is -0.560. The van der Waals surface area contributed by atoms with Crippen LogP contribution in [0.2, 0.25) is 0 Å². The summed E-state index contributed by atoms with van der Waals surface area (Å²) in [6.07, 6.45) is 7.97. The van der Waals surface area contributed by atoms with Crippen molar-refractivity contribution >= 4 is 0 Å². The molecule has 0 aliphatic carbocycles. The van der Waals surface area contributed by atoms with E-state index in [-0.39, 0.29) is 5.60 Å². The number of hydrogen-bond donors (Lipinski definition) is 1. The van der Waals surface area contributed by atoms with Gasteiger partial charge in [0.05, 0.1) is 18.3 Å². The first kappa shape index (κ1) is 15.5. The molecule has 2 atom stereocenters. The number of ether oxygens (including phenoxy) is 1. The average Bonchev–Trinajstić information content (AvgIpc) is 2.26. The zero-order chi connectivity index (χ0) is 13.6. The van der Waals surface area contributed by atoms with Crippen LogP contribution in [0.1, 0.15) is 40.0 Å². The third-order valence-corrected chi connectivity index (χ3v) is 3.40. The lowest BCUT2D eigenvalue weighted by molar-refractivity contribution is -0.0648. The van der Waals surface area contributed by atoms with Crippen LogP contribution in [0.3, 0.4) is 0 Å². The fourth-order valence-electron chi connectivity index (χ4n) is 2.42. The van der Waals surface area contributed by atoms with Crippen molar-refractivity contribution in [2.75, 3.05) is 26.2 Å². The largest absolute Gasteiger partial charge is 0.389 e. The minimum atomic E-state index is -0.424. The molecule has 1 heterocycles. The molecule has 0 aromatic rings. The van der Waals surface area contributed by atoms with Gasteiger partial charge in [0.1, 0.15) is 0 Å². The van der Waals surface area contributed by atoms with Gasteiger partial charge in [0.2, 0.25) is 0 Å². The third-order valence-electron chi connectivity index (χ3n) is 3.40. The summed E-state index contributed by atoms with van der Waals surface area (Å²) in [6.45, 7) is 9.44. The highest BCUT2D eigenvalue weighted by Gasteiger charge is 2.22. The van der Waals surface area contributed by atoms with Crippen molar-refractivity contribution in [1.82, 2.24) is 4.90 Å². The Bertz CT molecular complexity index is 283. The molecule has 104 valence electrons. The van der Waals surface area contributed by atoms with Crippen LogP contribution in [-0.2, 0) is 4.74 Å². The van der Waals surface area contributed by atoms with Gasteiger partial charge in [-0.1, -0.05) is 6.92 Å². The number of nitrogens with zero attached hydrogens (tertiary/aromatic N) is 1. The van der Waals surface area contributed by atoms with E-state index in [1.165, 1.54) is 12.8 Å². The second kappa shape index (κ2) is 7.13. The molecule has 1 saturated heterocycles. The molecule has 1 N–H and O–H groups in total. The Kier molecular flexibility index (Phi) is 6.14. The fraction of sp³-hybridized carbons (Fsp3) is 0.867. The van der Waals surface area contributed by atoms with Crippen LogP contribution in [0.25, 0.3) is 0 Å². The van der Waals surface area contributed by atoms with Crippen LogP contribution in [0.5, 0.6) is 0 Å². The van der Waals surface area contributed by atoms with E-state index in [1.807, 2.05) is 13.8 Å². The quantitative estimate of drug-likeness (QED) is 0.734. The molecule has 1 aliphatic rings. The molecule has 0 aromatic heterocycles. The Morgan fingerprint density at radius 2 is 2.28 bits per heavy atom. The maximum absolute atomic E-state index is 10.0. The molecule has 0 spiro atoms. The second-order valence-corrected chi connectivity index (χ2v) is 6.11. The van der Waals surface area contributed by atoms with Crippen LogP contribution in [-0.4, -0.2) is 48.0 Å². The van der Waals surface area contributed by atoms with Crippen LogP contribution in [0.15, 0.2) is 0 Å². The van der Waals surface area contributed by atoms with E-state index >= 15 is 0 Å². The molecule has 1 aliphatic heterocycles. The lowest BCUT2D eigenvalue weighted by Gasteiger charge is -2.33. The molecule has 0 radical (unpaired) electrons. The molecule has 0 unspecified atom stereocenters. The van der Waals surface area contributed by atoms with Crippen molar-refractivity contribution < 1.29 is 9.84 Å². The number of rotatable bonds is 6. The van der Waals surface area contributed by atoms with Crippen LogP contribution < -0.4 is 0 Å². The van der Waals surface area contributed by atoms with Crippen molar-refractivity contribution in [3.05, 3.63) is 0 Å². The Labute approximate surface area is 112 Å². The highest BCUT2D eigenvalue weighted by atomic mass is 16.5. The zero-order valence-corrected chi connectivity index (χ0v) is 12.0. The Morgan fingerprint density at radius 3 is 2.89 bits per heavy atom. The van der Waals surface area contributed by atoms with Gasteiger partial charge in [-0.15, -0.1) is 12.3 Å². The Balaban J connectivity index is 2.25. The standard InChI is InChI=1S/C15H27NO2/c1-5-8-15(3,4)18-12-14(17)11-16-9-6-7-13(2)10-16/h1,13-14,17H,6-12H2,2-4H3/t13-,14+/m0/s1. The number of likely N-dealkylation sites (tertiary alicyclic amines) is 1. The topological polar surface area (TPSA) is 32.7 Å². The van der Waals surface area contributed by atoms with E-state index in [0.29, 0.717) is 19.6 Å². The van der Waals surface area contributed by atoms with Crippen molar-refractivity contribution in [2.24, 2.45) is 5.92 Å². The van der Waals surface area contributed by atoms with Crippen molar-refractivity contribution in [3.63, 3.8) is 0 Å². The van der Waals surface area contributed by atoms with Gasteiger partial charge < -0.3 is 14.7 Å². The van der Waals surface area contributed by atoms with Gasteiger partial charge >= 0.3 is 0 Å². The predicted molar refractivity (Wildman–Crippen MR) is 74.3 cm³/mol. The summed E-state index contributed by atoms with van der Waals surface area (Å²) in [4.78, 5) is 2.33. The second-order valence-electron chi connectivity index (χ2n) is 6.11. The molecular formula is C15H27NO2. The third kappa shape index (κ3) is 5.86. The van der Waals surface area contributed by atoms with Gasteiger partial charge in [0, 0.05) is 19.5 Å². The maximum atomic E-state index is 10.0. The minimum absolute atomic E-state index is 0.342. The summed E-state index contributed by atoms with van der Waals surface area (Å²) >= 11 is 0. The van der Waals surface area contributed by atoms with Gasteiger partial charge in [-0.25, -0.2) is 0 Å². The highest BCUT2D eigenvalue weighted by molar-refractivity contribution is 4.92. The van der Waals surface area contributed by atoms with Gasteiger partial charge in [0.25, 0.3) is 0 Å². The van der Waals surface area contributed by atoms with Crippen molar-refractivity contribution in [1.29, 1.82) is 0 Å². The monoisotopic (exact) mass is 253 g/mol. The SMILES string of the molecule is C#CCC(C)(C)OC[C@H](O)CN1CCC[C@H](C)C1. The van der Waals surface area contributed by atoms with Gasteiger partial charge in [0.15, 0.2) is 0 Å². The molecular weight excluding hydrogens is 226 g/mol. The molecule has 3 nitrogen and oxygen atoms in total. The first-order chi connectivity index (χ1) is 8.43. The Morgan fingerprint density at radius 1 is 1.56 bits per heavy atom. The smallest absolute Gasteiger partial charge is 0.0900 e. The average molecular weight is 253 g/mol. The molecule has 18 heavy (non-hydrogen) atoms. The summed E-state index contributed by atoms with van der Waals surface area (Å²) in [5, 5.41) is 10.0. The van der Waals surface area contributed by atoms with E-state index in [4.69, 9.17) is 11.2 Å². The first-order valence-corrected chi connectivity index (χ1v) is 6.91. The number of aliphatic hydroxyl groups is 1. The number of hydrogen-bond acceptors (Lipinski definition) is 3. The van der Waals surface area contributed by atoms with E-state index in [0.717, 1.165) is 19.0 Å². The lowest BCUT2D eigenvalue weighted by atomic mass is 10.00. The summed E-state index contributed by atoms with van der Waals surface area (Å²) in [7, 11) is 0. The van der Waals surface area contributed by atoms with Gasteiger partial charge in [-0.2, -0.15) is 0 Å². The molecule has 0 amide bonds. The van der Waals surface area contributed by atoms with E-state index in [1.54, 1.807) is 0 Å². The van der Waals surface area contributed by atoms with Crippen LogP contribution in [0, 0.1) is 18.3 Å². The molecule has 3 heteroatoms. The van der Waals surface area contributed by atoms with Crippen LogP contribution >= 0.6 is 0 Å². The van der Waals surface area contributed by atoms with Crippen molar-refractivity contribution in [3.8, 4) is 12.3 Å². The minimum Gasteiger partial charge on any atom is -0.389 e. The van der Waals surface area contributed by atoms with Gasteiger partial charge in [-0.3, -0.25) is 0 Å². The predicted octanol–water partition coefficient (Wildman–Crippen LogP) is 1.90. The van der Waals surface area contributed by atoms with Crippen molar-refractivity contribution in [2.45, 2.75) is 51.7 Å². The fourth-order valence-corrected chi connectivity index (χ4v) is 2.42. The zero-order valence-electron chi connectivity index (χ0n) is 12.0. The maximum Gasteiger partial charge on any atom is 0.0900 e. The molecule has 1 fully saturated rings. The van der Waals surface area contributed by atoms with E-state index < -0.39 is 6.10 Å². The summed E-state index contributed by atoms with van der Waals surface area (Å²) < 4.78 is 5.68. The highest BCUT2D eigenvalue weighted by Crippen LogP contribution is 2.17. The molecule has 0 bridgehead atoms. The molecule has 0 aromatic carbocycles. The van der Waals surface area contributed by atoms with E-state index in [9.17, 15) is 5.11 Å². The molecule has 0 saturated carbocycles. The lowest BCUT2D eigenvalue weighted by Crippen LogP contribution is -2.41. The number of piperidine rings is 1. The van der Waals surface area contributed by atoms with Gasteiger partial charge in [-0.05, 0) is 39.2 Å². The molecule has 1 rings (SSSR count). The normalized spacial score (nSPS) is 23.6. The summed E-state index contributed by atoms with van der Waals surface area (Å²) in [6, 6.07) is 0.